The Morgan fingerprint density at radius 2 is 1.84 bits per heavy atom. The van der Waals surface area contributed by atoms with Crippen molar-refractivity contribution in [3.05, 3.63) is 35.9 Å². The second-order valence-corrected chi connectivity index (χ2v) is 6.08. The number of amides is 1. The lowest BCUT2D eigenvalue weighted by atomic mass is 10.0. The monoisotopic (exact) mass is 257 g/mol. The van der Waals surface area contributed by atoms with Gasteiger partial charge in [-0.05, 0) is 50.0 Å². The lowest BCUT2D eigenvalue weighted by molar-refractivity contribution is -0.135. The van der Waals surface area contributed by atoms with Gasteiger partial charge in [0, 0.05) is 19.0 Å². The highest BCUT2D eigenvalue weighted by molar-refractivity contribution is 5.79. The molecule has 0 bridgehead atoms. The third-order valence-corrected chi connectivity index (χ3v) is 4.80. The molecule has 2 nitrogen and oxygen atoms in total. The van der Waals surface area contributed by atoms with E-state index in [1.54, 1.807) is 0 Å². The van der Waals surface area contributed by atoms with Gasteiger partial charge in [0.1, 0.15) is 0 Å². The summed E-state index contributed by atoms with van der Waals surface area (Å²) >= 11 is 0. The lowest BCUT2D eigenvalue weighted by Crippen LogP contribution is -2.37. The smallest absolute Gasteiger partial charge is 0.225 e. The van der Waals surface area contributed by atoms with E-state index in [9.17, 15) is 4.79 Å². The van der Waals surface area contributed by atoms with E-state index in [0.717, 1.165) is 44.2 Å². The Morgan fingerprint density at radius 3 is 2.47 bits per heavy atom. The van der Waals surface area contributed by atoms with Crippen molar-refractivity contribution in [2.75, 3.05) is 13.1 Å². The minimum atomic E-state index is 0.333. The first-order valence-corrected chi connectivity index (χ1v) is 7.60. The van der Waals surface area contributed by atoms with Gasteiger partial charge in [-0.3, -0.25) is 4.79 Å². The molecule has 2 saturated carbocycles. The Hall–Kier alpha value is -1.31. The highest BCUT2D eigenvalue weighted by Crippen LogP contribution is 2.54. The first-order valence-electron chi connectivity index (χ1n) is 7.60. The van der Waals surface area contributed by atoms with Crippen LogP contribution in [0, 0.1) is 17.8 Å². The maximum Gasteiger partial charge on any atom is 0.225 e. The van der Waals surface area contributed by atoms with Gasteiger partial charge in [0.2, 0.25) is 5.91 Å². The van der Waals surface area contributed by atoms with Gasteiger partial charge in [0.15, 0.2) is 0 Å². The molecule has 0 aliphatic heterocycles. The Labute approximate surface area is 115 Å². The minimum absolute atomic E-state index is 0.333. The van der Waals surface area contributed by atoms with Crippen molar-refractivity contribution < 1.29 is 4.79 Å². The number of fused-ring (bicyclic) bond motifs is 1. The lowest BCUT2D eigenvalue weighted by Gasteiger charge is -2.25. The number of carbonyl (C=O) groups excluding carboxylic acids is 1. The van der Waals surface area contributed by atoms with Gasteiger partial charge in [-0.1, -0.05) is 30.3 Å². The third-order valence-electron chi connectivity index (χ3n) is 4.80. The van der Waals surface area contributed by atoms with Crippen molar-refractivity contribution in [1.29, 1.82) is 0 Å². The fourth-order valence-corrected chi connectivity index (χ4v) is 3.51. The Kier molecular flexibility index (Phi) is 3.58. The summed E-state index contributed by atoms with van der Waals surface area (Å²) in [6.45, 7) is 3.81. The summed E-state index contributed by atoms with van der Waals surface area (Å²) in [5.74, 6) is 2.52. The molecular formula is C17H23NO. The van der Waals surface area contributed by atoms with E-state index in [4.69, 9.17) is 0 Å². The van der Waals surface area contributed by atoms with Gasteiger partial charge in [0.25, 0.3) is 0 Å². The fourth-order valence-electron chi connectivity index (χ4n) is 3.51. The highest BCUT2D eigenvalue weighted by atomic mass is 16.2. The van der Waals surface area contributed by atoms with E-state index in [0.29, 0.717) is 11.8 Å². The molecule has 1 aromatic rings. The predicted octanol–water partition coefficient (Wildman–Crippen LogP) is 3.12. The summed E-state index contributed by atoms with van der Waals surface area (Å²) in [6, 6.07) is 10.5. The second kappa shape index (κ2) is 5.36. The molecule has 2 fully saturated rings. The van der Waals surface area contributed by atoms with Crippen LogP contribution in [0.1, 0.15) is 31.7 Å². The van der Waals surface area contributed by atoms with Crippen LogP contribution in [-0.2, 0) is 11.2 Å². The first kappa shape index (κ1) is 12.7. The molecule has 2 atom stereocenters. The van der Waals surface area contributed by atoms with Crippen molar-refractivity contribution in [3.8, 4) is 0 Å². The number of carbonyl (C=O) groups is 1. The van der Waals surface area contributed by atoms with Crippen LogP contribution in [0.2, 0.25) is 0 Å². The van der Waals surface area contributed by atoms with Crippen LogP contribution in [0.4, 0.5) is 0 Å². The molecular weight excluding hydrogens is 234 g/mol. The van der Waals surface area contributed by atoms with Gasteiger partial charge in [0.05, 0.1) is 0 Å². The standard InChI is InChI=1S/C17H23NO/c1-2-18(9-8-13-6-4-3-5-7-13)17(19)16-11-14-10-15(14)12-16/h3-7,14-16H,2,8-12H2,1H3. The van der Waals surface area contributed by atoms with Crippen LogP contribution in [-0.4, -0.2) is 23.9 Å². The number of hydrogen-bond donors (Lipinski definition) is 0. The van der Waals surface area contributed by atoms with E-state index >= 15 is 0 Å². The van der Waals surface area contributed by atoms with E-state index in [2.05, 4.69) is 36.1 Å². The molecule has 0 spiro atoms. The number of likely N-dealkylation sites (N-methyl/N-ethyl adjacent to an activating group) is 1. The maximum atomic E-state index is 12.5. The summed E-state index contributed by atoms with van der Waals surface area (Å²) < 4.78 is 0. The van der Waals surface area contributed by atoms with Crippen LogP contribution >= 0.6 is 0 Å². The number of hydrogen-bond acceptors (Lipinski definition) is 1. The number of benzene rings is 1. The highest BCUT2D eigenvalue weighted by Gasteiger charge is 2.48. The van der Waals surface area contributed by atoms with E-state index in [-0.39, 0.29) is 0 Å². The van der Waals surface area contributed by atoms with Crippen LogP contribution < -0.4 is 0 Å². The molecule has 2 aliphatic carbocycles. The normalized spacial score (nSPS) is 27.9. The van der Waals surface area contributed by atoms with Gasteiger partial charge in [-0.2, -0.15) is 0 Å². The van der Waals surface area contributed by atoms with Gasteiger partial charge in [-0.25, -0.2) is 0 Å². The molecule has 2 unspecified atom stereocenters. The zero-order valence-electron chi connectivity index (χ0n) is 11.7. The predicted molar refractivity (Wildman–Crippen MR) is 76.7 cm³/mol. The summed E-state index contributed by atoms with van der Waals surface area (Å²) in [7, 11) is 0. The molecule has 2 heteroatoms. The van der Waals surface area contributed by atoms with Crippen LogP contribution in [0.3, 0.4) is 0 Å². The van der Waals surface area contributed by atoms with Gasteiger partial charge in [-0.15, -0.1) is 0 Å². The summed E-state index contributed by atoms with van der Waals surface area (Å²) in [5.41, 5.74) is 1.32. The van der Waals surface area contributed by atoms with Crippen molar-refractivity contribution in [1.82, 2.24) is 4.90 Å². The molecule has 3 rings (SSSR count). The molecule has 1 aromatic carbocycles. The summed E-state index contributed by atoms with van der Waals surface area (Å²) in [5, 5.41) is 0. The van der Waals surface area contributed by atoms with E-state index in [1.165, 1.54) is 12.0 Å². The Bertz CT molecular complexity index is 432. The Balaban J connectivity index is 1.53. The summed E-state index contributed by atoms with van der Waals surface area (Å²) in [6.07, 6.45) is 4.68. The molecule has 2 aliphatic rings. The van der Waals surface area contributed by atoms with E-state index < -0.39 is 0 Å². The topological polar surface area (TPSA) is 20.3 Å². The summed E-state index contributed by atoms with van der Waals surface area (Å²) in [4.78, 5) is 14.5. The molecule has 1 amide bonds. The maximum absolute atomic E-state index is 12.5. The zero-order chi connectivity index (χ0) is 13.2. The zero-order valence-corrected chi connectivity index (χ0v) is 11.7. The van der Waals surface area contributed by atoms with Crippen LogP contribution in [0.5, 0.6) is 0 Å². The average molecular weight is 257 g/mol. The molecule has 0 heterocycles. The molecule has 0 aromatic heterocycles. The average Bonchev–Trinajstić information content (AvgIpc) is 3.07. The Morgan fingerprint density at radius 1 is 1.16 bits per heavy atom. The number of rotatable bonds is 5. The molecule has 102 valence electrons. The van der Waals surface area contributed by atoms with Crippen molar-refractivity contribution in [3.63, 3.8) is 0 Å². The largest absolute Gasteiger partial charge is 0.342 e. The van der Waals surface area contributed by atoms with Crippen molar-refractivity contribution in [2.45, 2.75) is 32.6 Å². The minimum Gasteiger partial charge on any atom is -0.342 e. The molecule has 0 radical (unpaired) electrons. The third kappa shape index (κ3) is 2.83. The number of nitrogens with zero attached hydrogens (tertiary/aromatic N) is 1. The van der Waals surface area contributed by atoms with Crippen LogP contribution in [0.15, 0.2) is 30.3 Å². The molecule has 0 N–H and O–H groups in total. The molecule has 19 heavy (non-hydrogen) atoms. The second-order valence-electron chi connectivity index (χ2n) is 6.08. The fraction of sp³-hybridized carbons (Fsp3) is 0.588. The quantitative estimate of drug-likeness (QED) is 0.793. The van der Waals surface area contributed by atoms with E-state index in [1.807, 2.05) is 6.07 Å². The first-order chi connectivity index (χ1) is 9.28. The van der Waals surface area contributed by atoms with Gasteiger partial charge >= 0.3 is 0 Å². The molecule has 0 saturated heterocycles. The van der Waals surface area contributed by atoms with Gasteiger partial charge < -0.3 is 4.90 Å². The van der Waals surface area contributed by atoms with Crippen molar-refractivity contribution in [2.24, 2.45) is 17.8 Å². The van der Waals surface area contributed by atoms with Crippen LogP contribution in [0.25, 0.3) is 0 Å². The SMILES string of the molecule is CCN(CCc1ccccc1)C(=O)C1CC2CC2C1. The van der Waals surface area contributed by atoms with Crippen molar-refractivity contribution >= 4 is 5.91 Å².